The average Bonchev–Trinajstić information content (AvgIpc) is 3.46. The van der Waals surface area contributed by atoms with Gasteiger partial charge in [0.25, 0.3) is 5.91 Å². The first-order valence-corrected chi connectivity index (χ1v) is 16.9. The van der Waals surface area contributed by atoms with Crippen LogP contribution < -0.4 is 21.3 Å². The molecule has 2 aliphatic rings. The van der Waals surface area contributed by atoms with Gasteiger partial charge in [-0.1, -0.05) is 67.9 Å². The van der Waals surface area contributed by atoms with Crippen LogP contribution in [0, 0.1) is 23.2 Å². The number of ketones is 1. The van der Waals surface area contributed by atoms with Gasteiger partial charge in [-0.05, 0) is 55.3 Å². The molecule has 12 nitrogen and oxygen atoms in total. The van der Waals surface area contributed by atoms with Crippen molar-refractivity contribution in [1.29, 1.82) is 0 Å². The molecule has 0 aliphatic carbocycles. The Morgan fingerprint density at radius 3 is 2.04 bits per heavy atom. The van der Waals surface area contributed by atoms with Crippen molar-refractivity contribution in [3.8, 4) is 0 Å². The summed E-state index contributed by atoms with van der Waals surface area (Å²) in [6.45, 7) is 20.3. The molecule has 4 N–H and O–H groups in total. The van der Waals surface area contributed by atoms with Gasteiger partial charge < -0.3 is 31.1 Å². The number of hydrogen-bond acceptors (Lipinski definition) is 6. The topological polar surface area (TPSA) is 157 Å². The van der Waals surface area contributed by atoms with Crippen LogP contribution in [-0.2, 0) is 24.0 Å². The van der Waals surface area contributed by atoms with Crippen molar-refractivity contribution < 1.29 is 28.8 Å². The summed E-state index contributed by atoms with van der Waals surface area (Å²) in [6.07, 6.45) is 5.78. The zero-order valence-electron chi connectivity index (χ0n) is 29.2. The minimum atomic E-state index is -1.04. The van der Waals surface area contributed by atoms with Crippen molar-refractivity contribution >= 4 is 35.4 Å². The first-order chi connectivity index (χ1) is 21.5. The van der Waals surface area contributed by atoms with E-state index in [2.05, 4.69) is 27.8 Å². The highest BCUT2D eigenvalue weighted by atomic mass is 16.2. The number of nitrogens with one attached hydrogen (secondary N) is 4. The van der Waals surface area contributed by atoms with Gasteiger partial charge in [-0.15, -0.1) is 6.58 Å². The fourth-order valence-electron chi connectivity index (χ4n) is 6.28. The Bertz CT molecular complexity index is 1110. The molecule has 0 saturated carbocycles. The van der Waals surface area contributed by atoms with E-state index in [0.29, 0.717) is 32.5 Å². The van der Waals surface area contributed by atoms with E-state index >= 15 is 0 Å². The predicted octanol–water partition coefficient (Wildman–Crippen LogP) is 2.77. The summed E-state index contributed by atoms with van der Waals surface area (Å²) in [7, 11) is 0. The quantitative estimate of drug-likeness (QED) is 0.168. The van der Waals surface area contributed by atoms with Crippen LogP contribution in [0.3, 0.4) is 0 Å². The molecule has 0 aromatic rings. The number of amides is 6. The molecule has 0 aromatic carbocycles. The minimum Gasteiger partial charge on any atom is -0.346 e. The van der Waals surface area contributed by atoms with Crippen LogP contribution in [0.1, 0.15) is 93.9 Å². The lowest BCUT2D eigenvalue weighted by Crippen LogP contribution is -2.62. The Labute approximate surface area is 275 Å². The normalized spacial score (nSPS) is 20.5. The predicted molar refractivity (Wildman–Crippen MR) is 177 cm³/mol. The monoisotopic (exact) mass is 646 g/mol. The third kappa shape index (κ3) is 10.3. The lowest BCUT2D eigenvalue weighted by atomic mass is 9.84. The van der Waals surface area contributed by atoms with Crippen molar-refractivity contribution in [3.05, 3.63) is 12.7 Å². The van der Waals surface area contributed by atoms with Gasteiger partial charge >= 0.3 is 6.03 Å². The van der Waals surface area contributed by atoms with Crippen molar-refractivity contribution in [2.75, 3.05) is 26.2 Å². The average molecular weight is 647 g/mol. The summed E-state index contributed by atoms with van der Waals surface area (Å²) in [5.74, 6) is -2.93. The third-order valence-corrected chi connectivity index (χ3v) is 8.97. The third-order valence-electron chi connectivity index (χ3n) is 8.97. The molecule has 46 heavy (non-hydrogen) atoms. The number of likely N-dealkylation sites (tertiary alicyclic amines) is 2. The SMILES string of the molecule is C=CCNC(=O)C(=O)C(CCC)NC(=O)[C@@H]1[C@@H](C(C)C)CCN1C(=O)[C@@H](NC(=O)N[C@H](C(=O)N1CCCCC1)C(C)C)C(C)(C)C. The largest absolute Gasteiger partial charge is 0.346 e. The maximum absolute atomic E-state index is 14.3. The summed E-state index contributed by atoms with van der Waals surface area (Å²) < 4.78 is 0. The van der Waals surface area contributed by atoms with Gasteiger partial charge in [-0.2, -0.15) is 0 Å². The van der Waals surface area contributed by atoms with E-state index in [1.165, 1.54) is 11.0 Å². The molecule has 260 valence electrons. The van der Waals surface area contributed by atoms with Gasteiger partial charge in [0.15, 0.2) is 0 Å². The van der Waals surface area contributed by atoms with Crippen LogP contribution in [0.25, 0.3) is 0 Å². The summed E-state index contributed by atoms with van der Waals surface area (Å²) in [5, 5.41) is 10.9. The second-order valence-electron chi connectivity index (χ2n) is 14.4. The number of carbonyl (C=O) groups is 6. The molecule has 2 saturated heterocycles. The molecule has 2 heterocycles. The van der Waals surface area contributed by atoms with Crippen LogP contribution in [0.4, 0.5) is 4.79 Å². The van der Waals surface area contributed by atoms with Gasteiger partial charge in [0.2, 0.25) is 23.5 Å². The van der Waals surface area contributed by atoms with Crippen molar-refractivity contribution in [2.45, 2.75) is 118 Å². The van der Waals surface area contributed by atoms with Crippen molar-refractivity contribution in [1.82, 2.24) is 31.1 Å². The Kier molecular flexibility index (Phi) is 14.7. The summed E-state index contributed by atoms with van der Waals surface area (Å²) in [6, 6.07) is -4.32. The van der Waals surface area contributed by atoms with Crippen LogP contribution in [0.2, 0.25) is 0 Å². The Balaban J connectivity index is 2.30. The minimum absolute atomic E-state index is 0.0433. The molecule has 2 rings (SSSR count). The molecule has 5 atom stereocenters. The first kappa shape index (κ1) is 38.7. The van der Waals surface area contributed by atoms with Gasteiger partial charge in [-0.3, -0.25) is 24.0 Å². The van der Waals surface area contributed by atoms with Crippen LogP contribution in [0.15, 0.2) is 12.7 Å². The van der Waals surface area contributed by atoms with Crippen LogP contribution in [0.5, 0.6) is 0 Å². The maximum Gasteiger partial charge on any atom is 0.316 e. The lowest BCUT2D eigenvalue weighted by Gasteiger charge is -2.37. The molecule has 2 aliphatic heterocycles. The smallest absolute Gasteiger partial charge is 0.316 e. The van der Waals surface area contributed by atoms with Gasteiger partial charge in [0.1, 0.15) is 18.1 Å². The Hall–Kier alpha value is -3.44. The number of hydrogen-bond donors (Lipinski definition) is 4. The fraction of sp³-hybridized carbons (Fsp3) is 0.765. The van der Waals surface area contributed by atoms with Crippen molar-refractivity contribution in [3.63, 3.8) is 0 Å². The first-order valence-electron chi connectivity index (χ1n) is 16.9. The highest BCUT2D eigenvalue weighted by Gasteiger charge is 2.48. The second-order valence-corrected chi connectivity index (χ2v) is 14.4. The van der Waals surface area contributed by atoms with E-state index in [4.69, 9.17) is 0 Å². The second kappa shape index (κ2) is 17.5. The lowest BCUT2D eigenvalue weighted by molar-refractivity contribution is -0.144. The summed E-state index contributed by atoms with van der Waals surface area (Å²) in [5.41, 5.74) is -0.737. The van der Waals surface area contributed by atoms with Crippen molar-refractivity contribution in [2.24, 2.45) is 23.2 Å². The molecular weight excluding hydrogens is 588 g/mol. The zero-order valence-corrected chi connectivity index (χ0v) is 29.2. The molecule has 0 spiro atoms. The van der Waals surface area contributed by atoms with Crippen LogP contribution >= 0.6 is 0 Å². The van der Waals surface area contributed by atoms with E-state index in [-0.39, 0.29) is 36.6 Å². The number of nitrogens with zero attached hydrogens (tertiary/aromatic N) is 2. The standard InChI is InChI=1S/C34H58N6O6/c1-10-15-24(27(41)30(43)35-17-11-2)36-29(42)26-23(21(3)4)16-20-40(26)32(45)28(34(7,8)9)38-33(46)37-25(22(5)6)31(44)39-18-13-12-14-19-39/h11,21-26,28H,2,10,12-20H2,1,3-9H3,(H,35,43)(H,36,42)(H2,37,38,46)/t23-,24?,25+,26+,28-/m1/s1. The number of piperidine rings is 1. The number of rotatable bonds is 14. The molecule has 0 aromatic heterocycles. The van der Waals surface area contributed by atoms with E-state index in [1.807, 2.05) is 55.4 Å². The van der Waals surface area contributed by atoms with E-state index in [0.717, 1.165) is 19.3 Å². The molecular formula is C34H58N6O6. The van der Waals surface area contributed by atoms with Gasteiger partial charge in [0.05, 0.1) is 6.04 Å². The highest BCUT2D eigenvalue weighted by Crippen LogP contribution is 2.33. The van der Waals surface area contributed by atoms with E-state index < -0.39 is 59.1 Å². The Morgan fingerprint density at radius 1 is 0.891 bits per heavy atom. The molecule has 2 fully saturated rings. The van der Waals surface area contributed by atoms with E-state index in [9.17, 15) is 28.8 Å². The molecule has 6 amide bonds. The molecule has 0 radical (unpaired) electrons. The van der Waals surface area contributed by atoms with E-state index in [1.54, 1.807) is 4.90 Å². The molecule has 12 heteroatoms. The summed E-state index contributed by atoms with van der Waals surface area (Å²) in [4.78, 5) is 83.5. The summed E-state index contributed by atoms with van der Waals surface area (Å²) >= 11 is 0. The van der Waals surface area contributed by atoms with Gasteiger partial charge in [0, 0.05) is 26.2 Å². The fourth-order valence-corrected chi connectivity index (χ4v) is 6.28. The Morgan fingerprint density at radius 2 is 1.52 bits per heavy atom. The zero-order chi connectivity index (χ0) is 34.8. The van der Waals surface area contributed by atoms with Gasteiger partial charge in [-0.25, -0.2) is 4.79 Å². The molecule has 1 unspecified atom stereocenters. The van der Waals surface area contributed by atoms with Crippen LogP contribution in [-0.4, -0.2) is 95.6 Å². The number of Topliss-reactive ketones (excluding diaryl/α,β-unsaturated/α-hetero) is 1. The highest BCUT2D eigenvalue weighted by molar-refractivity contribution is 6.38. The maximum atomic E-state index is 14.3. The number of urea groups is 1. The molecule has 0 bridgehead atoms. The number of carbonyl (C=O) groups excluding carboxylic acids is 6.